The molecule has 6 nitrogen and oxygen atoms in total. The number of anilines is 1. The van der Waals surface area contributed by atoms with Crippen molar-refractivity contribution in [2.75, 3.05) is 11.9 Å². The van der Waals surface area contributed by atoms with E-state index >= 15 is 0 Å². The molecular weight excluding hydrogens is 352 g/mol. The highest BCUT2D eigenvalue weighted by Gasteiger charge is 2.10. The van der Waals surface area contributed by atoms with Crippen LogP contribution in [0.4, 0.5) is 5.82 Å². The molecule has 0 saturated heterocycles. The van der Waals surface area contributed by atoms with E-state index < -0.39 is 0 Å². The number of carbonyl (C=O) groups is 1. The van der Waals surface area contributed by atoms with Gasteiger partial charge in [0.1, 0.15) is 23.1 Å². The number of nitrogens with one attached hydrogen (secondary N) is 2. The smallest absolute Gasteiger partial charge is 0.270 e. The summed E-state index contributed by atoms with van der Waals surface area (Å²) in [7, 11) is 0. The molecule has 0 spiro atoms. The van der Waals surface area contributed by atoms with Crippen molar-refractivity contribution in [3.05, 3.63) is 76.6 Å². The molecule has 26 heavy (non-hydrogen) atoms. The second-order valence-electron chi connectivity index (χ2n) is 5.75. The summed E-state index contributed by atoms with van der Waals surface area (Å²) in [6, 6.07) is 12.9. The van der Waals surface area contributed by atoms with E-state index in [9.17, 15) is 4.79 Å². The Balaban J connectivity index is 1.56. The predicted octanol–water partition coefficient (Wildman–Crippen LogP) is 3.62. The molecule has 134 valence electrons. The van der Waals surface area contributed by atoms with Crippen LogP contribution in [0.15, 0.2) is 53.1 Å². The van der Waals surface area contributed by atoms with E-state index in [2.05, 4.69) is 20.6 Å². The van der Waals surface area contributed by atoms with Gasteiger partial charge < -0.3 is 15.1 Å². The molecular formula is C19H19ClN4O2. The molecule has 1 amide bonds. The van der Waals surface area contributed by atoms with Crippen molar-refractivity contribution < 1.29 is 9.21 Å². The van der Waals surface area contributed by atoms with E-state index in [0.29, 0.717) is 35.4 Å². The van der Waals surface area contributed by atoms with Gasteiger partial charge in [-0.15, -0.1) is 0 Å². The molecule has 0 saturated carbocycles. The Morgan fingerprint density at radius 2 is 2.00 bits per heavy atom. The summed E-state index contributed by atoms with van der Waals surface area (Å²) in [6.07, 6.45) is 2.33. The third-order valence-corrected chi connectivity index (χ3v) is 3.96. The Hall–Kier alpha value is -2.86. The number of aryl methyl sites for hydroxylation is 1. The highest BCUT2D eigenvalue weighted by molar-refractivity contribution is 6.30. The van der Waals surface area contributed by atoms with Crippen molar-refractivity contribution in [2.24, 2.45) is 0 Å². The van der Waals surface area contributed by atoms with Gasteiger partial charge in [0.2, 0.25) is 0 Å². The maximum Gasteiger partial charge on any atom is 0.270 e. The number of halogens is 1. The number of carbonyl (C=O) groups excluding carboxylic acids is 1. The van der Waals surface area contributed by atoms with E-state index in [4.69, 9.17) is 16.0 Å². The minimum Gasteiger partial charge on any atom is -0.467 e. The molecule has 2 heterocycles. The number of hydrogen-bond acceptors (Lipinski definition) is 5. The molecule has 0 radical (unpaired) electrons. The van der Waals surface area contributed by atoms with E-state index in [0.717, 1.165) is 17.7 Å². The molecule has 1 aromatic carbocycles. The van der Waals surface area contributed by atoms with Crippen LogP contribution in [-0.4, -0.2) is 22.4 Å². The van der Waals surface area contributed by atoms with Gasteiger partial charge in [0.25, 0.3) is 5.91 Å². The highest BCUT2D eigenvalue weighted by atomic mass is 35.5. The van der Waals surface area contributed by atoms with Gasteiger partial charge in [0.15, 0.2) is 0 Å². The Labute approximate surface area is 156 Å². The SMILES string of the molecule is Cc1nc(NCc2ccco2)cc(C(=O)NCCc2ccc(Cl)cc2)n1. The van der Waals surface area contributed by atoms with Crippen LogP contribution in [0.25, 0.3) is 0 Å². The highest BCUT2D eigenvalue weighted by Crippen LogP contribution is 2.11. The minimum absolute atomic E-state index is 0.231. The molecule has 0 atom stereocenters. The zero-order valence-corrected chi connectivity index (χ0v) is 15.1. The lowest BCUT2D eigenvalue weighted by molar-refractivity contribution is 0.0949. The topological polar surface area (TPSA) is 80.0 Å². The van der Waals surface area contributed by atoms with Crippen molar-refractivity contribution in [2.45, 2.75) is 19.9 Å². The normalized spacial score (nSPS) is 10.5. The molecule has 0 aliphatic rings. The fourth-order valence-corrected chi connectivity index (χ4v) is 2.55. The fraction of sp³-hybridized carbons (Fsp3) is 0.211. The van der Waals surface area contributed by atoms with Crippen LogP contribution in [0.5, 0.6) is 0 Å². The number of rotatable bonds is 7. The molecule has 2 aromatic heterocycles. The first kappa shape index (κ1) is 17.9. The monoisotopic (exact) mass is 370 g/mol. The van der Waals surface area contributed by atoms with Gasteiger partial charge in [-0.3, -0.25) is 4.79 Å². The van der Waals surface area contributed by atoms with E-state index in [1.807, 2.05) is 36.4 Å². The zero-order valence-electron chi connectivity index (χ0n) is 14.3. The fourth-order valence-electron chi connectivity index (χ4n) is 2.43. The van der Waals surface area contributed by atoms with Gasteiger partial charge in [-0.05, 0) is 43.2 Å². The number of aromatic nitrogens is 2. The van der Waals surface area contributed by atoms with Crippen molar-refractivity contribution in [1.82, 2.24) is 15.3 Å². The standard InChI is InChI=1S/C19H19ClN4O2/c1-13-23-17(11-18(24-13)22-12-16-3-2-10-26-16)19(25)21-9-8-14-4-6-15(20)7-5-14/h2-7,10-11H,8-9,12H2,1H3,(H,21,25)(H,22,23,24). The Morgan fingerprint density at radius 3 is 2.73 bits per heavy atom. The van der Waals surface area contributed by atoms with Gasteiger partial charge in [-0.2, -0.15) is 0 Å². The number of benzene rings is 1. The molecule has 3 rings (SSSR count). The molecule has 2 N–H and O–H groups in total. The van der Waals surface area contributed by atoms with E-state index in [1.165, 1.54) is 0 Å². The second kappa shape index (κ2) is 8.49. The number of hydrogen-bond donors (Lipinski definition) is 2. The van der Waals surface area contributed by atoms with Crippen LogP contribution < -0.4 is 10.6 Å². The first-order valence-corrected chi connectivity index (χ1v) is 8.62. The molecule has 0 unspecified atom stereocenters. The molecule has 0 aliphatic heterocycles. The quantitative estimate of drug-likeness (QED) is 0.664. The molecule has 0 fully saturated rings. The third-order valence-electron chi connectivity index (χ3n) is 3.71. The van der Waals surface area contributed by atoms with Gasteiger partial charge in [-0.25, -0.2) is 9.97 Å². The van der Waals surface area contributed by atoms with Crippen LogP contribution in [-0.2, 0) is 13.0 Å². The summed E-state index contributed by atoms with van der Waals surface area (Å²) in [5.41, 5.74) is 1.44. The maximum absolute atomic E-state index is 12.4. The largest absolute Gasteiger partial charge is 0.467 e. The van der Waals surface area contributed by atoms with Gasteiger partial charge in [0.05, 0.1) is 12.8 Å². The van der Waals surface area contributed by atoms with E-state index in [-0.39, 0.29) is 5.91 Å². The zero-order chi connectivity index (χ0) is 18.4. The predicted molar refractivity (Wildman–Crippen MR) is 100 cm³/mol. The third kappa shape index (κ3) is 5.07. The minimum atomic E-state index is -0.231. The summed E-state index contributed by atoms with van der Waals surface area (Å²) in [4.78, 5) is 20.9. The average Bonchev–Trinajstić information content (AvgIpc) is 3.15. The summed E-state index contributed by atoms with van der Waals surface area (Å²) < 4.78 is 5.27. The Kier molecular flexibility index (Phi) is 5.86. The molecule has 0 aliphatic carbocycles. The lowest BCUT2D eigenvalue weighted by atomic mass is 10.1. The lowest BCUT2D eigenvalue weighted by Gasteiger charge is -2.09. The molecule has 0 bridgehead atoms. The van der Waals surface area contributed by atoms with E-state index in [1.54, 1.807) is 19.3 Å². The van der Waals surface area contributed by atoms with Crippen LogP contribution in [0, 0.1) is 6.92 Å². The van der Waals surface area contributed by atoms with Crippen molar-refractivity contribution in [3.8, 4) is 0 Å². The summed E-state index contributed by atoms with van der Waals surface area (Å²) >= 11 is 5.87. The van der Waals surface area contributed by atoms with Gasteiger partial charge in [-0.1, -0.05) is 23.7 Å². The van der Waals surface area contributed by atoms with Gasteiger partial charge >= 0.3 is 0 Å². The van der Waals surface area contributed by atoms with Crippen LogP contribution in [0.2, 0.25) is 5.02 Å². The van der Waals surface area contributed by atoms with Crippen molar-refractivity contribution in [1.29, 1.82) is 0 Å². The second-order valence-corrected chi connectivity index (χ2v) is 6.19. The molecule has 7 heteroatoms. The van der Waals surface area contributed by atoms with Gasteiger partial charge in [0, 0.05) is 17.6 Å². The van der Waals surface area contributed by atoms with Crippen LogP contribution >= 0.6 is 11.6 Å². The van der Waals surface area contributed by atoms with Crippen LogP contribution in [0.1, 0.15) is 27.6 Å². The van der Waals surface area contributed by atoms with Crippen molar-refractivity contribution in [3.63, 3.8) is 0 Å². The maximum atomic E-state index is 12.4. The Bertz CT molecular complexity index is 864. The lowest BCUT2D eigenvalue weighted by Crippen LogP contribution is -2.27. The summed E-state index contributed by atoms with van der Waals surface area (Å²) in [5.74, 6) is 1.66. The summed E-state index contributed by atoms with van der Waals surface area (Å²) in [5, 5.41) is 6.71. The average molecular weight is 371 g/mol. The number of furan rings is 1. The van der Waals surface area contributed by atoms with Crippen LogP contribution in [0.3, 0.4) is 0 Å². The first-order chi connectivity index (χ1) is 12.6. The number of amides is 1. The first-order valence-electron chi connectivity index (χ1n) is 8.25. The summed E-state index contributed by atoms with van der Waals surface area (Å²) in [6.45, 7) is 2.75. The molecule has 3 aromatic rings. The van der Waals surface area contributed by atoms with Crippen molar-refractivity contribution >= 4 is 23.3 Å². The number of nitrogens with zero attached hydrogens (tertiary/aromatic N) is 2. The Morgan fingerprint density at radius 1 is 1.19 bits per heavy atom.